The van der Waals surface area contributed by atoms with Crippen molar-refractivity contribution in [3.8, 4) is 11.5 Å². The Morgan fingerprint density at radius 1 is 1.13 bits per heavy atom. The Morgan fingerprint density at radius 3 is 2.65 bits per heavy atom. The highest BCUT2D eigenvalue weighted by Crippen LogP contribution is 2.19. The fourth-order valence-electron chi connectivity index (χ4n) is 2.04. The largest absolute Gasteiger partial charge is 0.496 e. The molecule has 0 radical (unpaired) electrons. The molecule has 0 aliphatic heterocycles. The molecule has 0 fully saturated rings. The van der Waals surface area contributed by atoms with Crippen LogP contribution in [-0.2, 0) is 11.2 Å². The third-order valence-corrected chi connectivity index (χ3v) is 3.15. The van der Waals surface area contributed by atoms with Gasteiger partial charge in [0, 0.05) is 6.54 Å². The summed E-state index contributed by atoms with van der Waals surface area (Å²) in [6.07, 6.45) is 0.409. The summed E-state index contributed by atoms with van der Waals surface area (Å²) in [5.41, 5.74) is 0.655. The van der Waals surface area contributed by atoms with Crippen molar-refractivity contribution in [1.82, 2.24) is 5.32 Å². The standard InChI is InChI=1S/C17H17F2NO3/c1-22-15-7-6-13(18)10-12(15)8-9-20-17(21)11-23-16-5-3-2-4-14(16)19/h2-7,10H,8-9,11H2,1H3,(H,20,21). The summed E-state index contributed by atoms with van der Waals surface area (Å²) in [5.74, 6) is -0.693. The second kappa shape index (κ2) is 8.12. The third kappa shape index (κ3) is 4.95. The van der Waals surface area contributed by atoms with Crippen LogP contribution < -0.4 is 14.8 Å². The molecule has 0 heterocycles. The number of halogens is 2. The molecule has 1 N–H and O–H groups in total. The Hall–Kier alpha value is -2.63. The first-order chi connectivity index (χ1) is 11.1. The van der Waals surface area contributed by atoms with Gasteiger partial charge in [0.15, 0.2) is 18.2 Å². The lowest BCUT2D eigenvalue weighted by molar-refractivity contribution is -0.123. The van der Waals surface area contributed by atoms with E-state index >= 15 is 0 Å². The lowest BCUT2D eigenvalue weighted by atomic mass is 10.1. The van der Waals surface area contributed by atoms with Crippen LogP contribution in [0.4, 0.5) is 8.78 Å². The van der Waals surface area contributed by atoms with Crippen LogP contribution in [0.5, 0.6) is 11.5 Å². The summed E-state index contributed by atoms with van der Waals surface area (Å²) >= 11 is 0. The van der Waals surface area contributed by atoms with Gasteiger partial charge in [-0.2, -0.15) is 0 Å². The van der Waals surface area contributed by atoms with E-state index in [9.17, 15) is 13.6 Å². The molecule has 0 atom stereocenters. The number of para-hydroxylation sites is 1. The van der Waals surface area contributed by atoms with E-state index in [1.54, 1.807) is 6.07 Å². The lowest BCUT2D eigenvalue weighted by Gasteiger charge is -2.10. The zero-order valence-electron chi connectivity index (χ0n) is 12.6. The molecule has 6 heteroatoms. The van der Waals surface area contributed by atoms with Crippen LogP contribution in [0, 0.1) is 11.6 Å². The monoisotopic (exact) mass is 321 g/mol. The Morgan fingerprint density at radius 2 is 1.91 bits per heavy atom. The second-order valence-electron chi connectivity index (χ2n) is 4.78. The Bertz CT molecular complexity index is 677. The van der Waals surface area contributed by atoms with Crippen molar-refractivity contribution in [1.29, 1.82) is 0 Å². The van der Waals surface area contributed by atoms with Crippen LogP contribution in [0.15, 0.2) is 42.5 Å². The molecule has 0 aliphatic rings. The molecule has 2 aromatic rings. The highest BCUT2D eigenvalue weighted by atomic mass is 19.1. The second-order valence-corrected chi connectivity index (χ2v) is 4.78. The molecule has 122 valence electrons. The van der Waals surface area contributed by atoms with E-state index in [0.717, 1.165) is 0 Å². The van der Waals surface area contributed by atoms with E-state index in [1.807, 2.05) is 0 Å². The van der Waals surface area contributed by atoms with Gasteiger partial charge in [-0.15, -0.1) is 0 Å². The number of ether oxygens (including phenoxy) is 2. The van der Waals surface area contributed by atoms with E-state index < -0.39 is 5.82 Å². The van der Waals surface area contributed by atoms with Crippen molar-refractivity contribution in [3.63, 3.8) is 0 Å². The van der Waals surface area contributed by atoms with Gasteiger partial charge in [0.2, 0.25) is 0 Å². The zero-order valence-corrected chi connectivity index (χ0v) is 12.6. The summed E-state index contributed by atoms with van der Waals surface area (Å²) in [4.78, 5) is 11.7. The van der Waals surface area contributed by atoms with Crippen molar-refractivity contribution >= 4 is 5.91 Å². The van der Waals surface area contributed by atoms with Gasteiger partial charge in [-0.1, -0.05) is 12.1 Å². The molecular weight excluding hydrogens is 304 g/mol. The maximum Gasteiger partial charge on any atom is 0.257 e. The van der Waals surface area contributed by atoms with E-state index in [4.69, 9.17) is 9.47 Å². The molecule has 0 saturated carbocycles. The van der Waals surface area contributed by atoms with Gasteiger partial charge >= 0.3 is 0 Å². The molecule has 0 bridgehead atoms. The molecular formula is C17H17F2NO3. The fourth-order valence-corrected chi connectivity index (χ4v) is 2.04. The van der Waals surface area contributed by atoms with Crippen molar-refractivity contribution in [2.45, 2.75) is 6.42 Å². The number of carbonyl (C=O) groups is 1. The van der Waals surface area contributed by atoms with Gasteiger partial charge in [-0.25, -0.2) is 8.78 Å². The molecule has 0 aliphatic carbocycles. The van der Waals surface area contributed by atoms with Crippen LogP contribution in [0.3, 0.4) is 0 Å². The maximum absolute atomic E-state index is 13.3. The molecule has 0 unspecified atom stereocenters. The van der Waals surface area contributed by atoms with Crippen LogP contribution in [0.25, 0.3) is 0 Å². The molecule has 0 aromatic heterocycles. The first-order valence-corrected chi connectivity index (χ1v) is 7.06. The number of methoxy groups -OCH3 is 1. The maximum atomic E-state index is 13.3. The van der Waals surface area contributed by atoms with Gasteiger partial charge in [0.25, 0.3) is 5.91 Å². The molecule has 2 aromatic carbocycles. The number of rotatable bonds is 7. The summed E-state index contributed by atoms with van der Waals surface area (Å²) in [5, 5.41) is 2.63. The smallest absolute Gasteiger partial charge is 0.257 e. The summed E-state index contributed by atoms with van der Waals surface area (Å²) in [7, 11) is 1.50. The first kappa shape index (κ1) is 16.7. The number of carbonyl (C=O) groups excluding carboxylic acids is 1. The van der Waals surface area contributed by atoms with Gasteiger partial charge in [0.1, 0.15) is 11.6 Å². The molecule has 0 spiro atoms. The Kier molecular flexibility index (Phi) is 5.91. The van der Waals surface area contributed by atoms with E-state index in [-0.39, 0.29) is 24.1 Å². The zero-order chi connectivity index (χ0) is 16.7. The van der Waals surface area contributed by atoms with E-state index in [2.05, 4.69) is 5.32 Å². The van der Waals surface area contributed by atoms with Crippen LogP contribution in [0.1, 0.15) is 5.56 Å². The molecule has 1 amide bonds. The number of hydrogen-bond acceptors (Lipinski definition) is 3. The number of amides is 1. The summed E-state index contributed by atoms with van der Waals surface area (Å²) < 4.78 is 36.8. The van der Waals surface area contributed by atoms with Crippen molar-refractivity contribution < 1.29 is 23.0 Å². The first-order valence-electron chi connectivity index (χ1n) is 7.06. The highest BCUT2D eigenvalue weighted by Gasteiger charge is 2.08. The van der Waals surface area contributed by atoms with Crippen LogP contribution in [-0.4, -0.2) is 26.2 Å². The summed E-state index contributed by atoms with van der Waals surface area (Å²) in [6, 6.07) is 10.1. The Balaban J connectivity index is 1.79. The Labute approximate surface area is 133 Å². The number of benzene rings is 2. The van der Waals surface area contributed by atoms with Crippen LogP contribution in [0.2, 0.25) is 0 Å². The molecule has 4 nitrogen and oxygen atoms in total. The SMILES string of the molecule is COc1ccc(F)cc1CCNC(=O)COc1ccccc1F. The molecule has 23 heavy (non-hydrogen) atoms. The predicted molar refractivity (Wildman–Crippen MR) is 81.6 cm³/mol. The summed E-state index contributed by atoms with van der Waals surface area (Å²) in [6.45, 7) is 0.000494. The van der Waals surface area contributed by atoms with Crippen molar-refractivity contribution in [2.24, 2.45) is 0 Å². The molecule has 2 rings (SSSR count). The van der Waals surface area contributed by atoms with Gasteiger partial charge in [0.05, 0.1) is 7.11 Å². The topological polar surface area (TPSA) is 47.6 Å². The van der Waals surface area contributed by atoms with Crippen molar-refractivity contribution in [3.05, 3.63) is 59.7 Å². The van der Waals surface area contributed by atoms with E-state index in [0.29, 0.717) is 24.3 Å². The average molecular weight is 321 g/mol. The number of nitrogens with one attached hydrogen (secondary N) is 1. The third-order valence-electron chi connectivity index (χ3n) is 3.15. The highest BCUT2D eigenvalue weighted by molar-refractivity contribution is 5.77. The van der Waals surface area contributed by atoms with Gasteiger partial charge < -0.3 is 14.8 Å². The van der Waals surface area contributed by atoms with Crippen LogP contribution >= 0.6 is 0 Å². The normalized spacial score (nSPS) is 10.2. The quantitative estimate of drug-likeness (QED) is 0.853. The van der Waals surface area contributed by atoms with Gasteiger partial charge in [-0.05, 0) is 42.3 Å². The minimum atomic E-state index is -0.523. The minimum absolute atomic E-state index is 0.0226. The fraction of sp³-hybridized carbons (Fsp3) is 0.235. The predicted octanol–water partition coefficient (Wildman–Crippen LogP) is 2.71. The minimum Gasteiger partial charge on any atom is -0.496 e. The molecule has 0 saturated heterocycles. The average Bonchev–Trinajstić information content (AvgIpc) is 2.54. The van der Waals surface area contributed by atoms with Gasteiger partial charge in [-0.3, -0.25) is 4.79 Å². The van der Waals surface area contributed by atoms with E-state index in [1.165, 1.54) is 43.5 Å². The lowest BCUT2D eigenvalue weighted by Crippen LogP contribution is -2.30. The van der Waals surface area contributed by atoms with Crippen molar-refractivity contribution in [2.75, 3.05) is 20.3 Å². The number of hydrogen-bond donors (Lipinski definition) is 1.